The molecule has 1 saturated heterocycles. The minimum atomic E-state index is -1.04. The van der Waals surface area contributed by atoms with Gasteiger partial charge in [-0.25, -0.2) is 28.7 Å². The molecule has 1 N–H and O–H groups in total. The molecule has 1 fully saturated rings. The summed E-state index contributed by atoms with van der Waals surface area (Å²) in [6, 6.07) is 4.90. The van der Waals surface area contributed by atoms with Gasteiger partial charge in [0, 0.05) is 50.3 Å². The molecule has 0 saturated carbocycles. The number of piperazine rings is 1. The van der Waals surface area contributed by atoms with E-state index in [0.717, 1.165) is 25.2 Å². The van der Waals surface area contributed by atoms with Gasteiger partial charge in [0.2, 0.25) is 5.95 Å². The second-order valence-corrected chi connectivity index (χ2v) is 6.37. The van der Waals surface area contributed by atoms with Gasteiger partial charge in [0.1, 0.15) is 11.5 Å². The van der Waals surface area contributed by atoms with Crippen molar-refractivity contribution in [3.63, 3.8) is 0 Å². The lowest BCUT2D eigenvalue weighted by Crippen LogP contribution is -2.47. The summed E-state index contributed by atoms with van der Waals surface area (Å²) in [7, 11) is 0. The Kier molecular flexibility index (Phi) is 5.23. The first kappa shape index (κ1) is 18.7. The average Bonchev–Trinajstić information content (AvgIpc) is 2.77. The van der Waals surface area contributed by atoms with E-state index in [0.29, 0.717) is 24.9 Å². The molecule has 3 aromatic rings. The van der Waals surface area contributed by atoms with Crippen LogP contribution in [0.5, 0.6) is 0 Å². The van der Waals surface area contributed by atoms with Gasteiger partial charge in [-0.15, -0.1) is 0 Å². The Hall–Kier alpha value is -3.69. The molecule has 2 aromatic heterocycles. The van der Waals surface area contributed by atoms with E-state index < -0.39 is 17.5 Å². The predicted molar refractivity (Wildman–Crippen MR) is 103 cm³/mol. The summed E-state index contributed by atoms with van der Waals surface area (Å²) in [6.07, 6.45) is 6.31. The Morgan fingerprint density at radius 2 is 1.62 bits per heavy atom. The maximum absolute atomic E-state index is 13.3. The van der Waals surface area contributed by atoms with E-state index in [2.05, 4.69) is 35.1 Å². The van der Waals surface area contributed by atoms with Crippen LogP contribution in [0.25, 0.3) is 0 Å². The highest BCUT2D eigenvalue weighted by atomic mass is 19.2. The zero-order chi connectivity index (χ0) is 20.2. The molecule has 4 rings (SSSR count). The van der Waals surface area contributed by atoms with Gasteiger partial charge in [0.25, 0.3) is 5.91 Å². The molecule has 148 valence electrons. The number of nitrogens with zero attached hydrogens (tertiary/aromatic N) is 6. The lowest BCUT2D eigenvalue weighted by atomic mass is 10.3. The van der Waals surface area contributed by atoms with Crippen molar-refractivity contribution < 1.29 is 13.6 Å². The summed E-state index contributed by atoms with van der Waals surface area (Å²) in [5.41, 5.74) is 0.217. The predicted octanol–water partition coefficient (Wildman–Crippen LogP) is 2.12. The van der Waals surface area contributed by atoms with Gasteiger partial charge in [0.15, 0.2) is 11.6 Å². The number of carbonyl (C=O) groups excluding carboxylic acids is 1. The van der Waals surface area contributed by atoms with Gasteiger partial charge in [-0.05, 0) is 18.2 Å². The summed E-state index contributed by atoms with van der Waals surface area (Å²) in [4.78, 5) is 33.4. The number of halogens is 2. The van der Waals surface area contributed by atoms with Crippen LogP contribution >= 0.6 is 0 Å². The molecule has 0 atom stereocenters. The first-order valence-corrected chi connectivity index (χ1v) is 8.95. The number of aromatic nitrogens is 4. The summed E-state index contributed by atoms with van der Waals surface area (Å²) in [5.74, 6) is -1.22. The SMILES string of the molecule is O=C(Nc1ccc(F)c(F)c1)c1cnc(N2CCN(c3ncccn3)CC2)cn1. The van der Waals surface area contributed by atoms with Crippen LogP contribution in [0, 0.1) is 11.6 Å². The number of nitrogens with one attached hydrogen (secondary N) is 1. The number of rotatable bonds is 4. The summed E-state index contributed by atoms with van der Waals surface area (Å²) >= 11 is 0. The van der Waals surface area contributed by atoms with Crippen LogP contribution in [0.15, 0.2) is 49.1 Å². The zero-order valence-electron chi connectivity index (χ0n) is 15.3. The van der Waals surface area contributed by atoms with Crippen LogP contribution in [0.2, 0.25) is 0 Å². The monoisotopic (exact) mass is 397 g/mol. The third-order valence-corrected chi connectivity index (χ3v) is 4.49. The standard InChI is InChI=1S/C19H17F2N7O/c20-14-3-2-13(10-15(14)21)26-18(29)16-11-25-17(12-24-16)27-6-8-28(9-7-27)19-22-4-1-5-23-19/h1-5,10-12H,6-9H2,(H,26,29). The maximum Gasteiger partial charge on any atom is 0.275 e. The second kappa shape index (κ2) is 8.13. The molecular weight excluding hydrogens is 380 g/mol. The Morgan fingerprint density at radius 3 is 2.28 bits per heavy atom. The topological polar surface area (TPSA) is 87.1 Å². The Labute approximate surface area is 165 Å². The minimum absolute atomic E-state index is 0.0785. The molecule has 1 aromatic carbocycles. The molecule has 3 heterocycles. The lowest BCUT2D eigenvalue weighted by Gasteiger charge is -2.35. The third-order valence-electron chi connectivity index (χ3n) is 4.49. The molecule has 0 radical (unpaired) electrons. The summed E-state index contributed by atoms with van der Waals surface area (Å²) < 4.78 is 26.2. The Morgan fingerprint density at radius 1 is 0.897 bits per heavy atom. The van der Waals surface area contributed by atoms with Crippen LogP contribution in [-0.2, 0) is 0 Å². The molecule has 10 heteroatoms. The van der Waals surface area contributed by atoms with Crippen LogP contribution in [-0.4, -0.2) is 52.0 Å². The molecule has 0 unspecified atom stereocenters. The van der Waals surface area contributed by atoms with Crippen LogP contribution < -0.4 is 15.1 Å². The van der Waals surface area contributed by atoms with Crippen molar-refractivity contribution >= 4 is 23.4 Å². The van der Waals surface area contributed by atoms with Crippen molar-refractivity contribution in [2.24, 2.45) is 0 Å². The smallest absolute Gasteiger partial charge is 0.275 e. The summed E-state index contributed by atoms with van der Waals surface area (Å²) in [5, 5.41) is 2.47. The molecule has 8 nitrogen and oxygen atoms in total. The molecule has 1 aliphatic heterocycles. The number of hydrogen-bond donors (Lipinski definition) is 1. The third kappa shape index (κ3) is 4.26. The lowest BCUT2D eigenvalue weighted by molar-refractivity contribution is 0.102. The van der Waals surface area contributed by atoms with Crippen molar-refractivity contribution in [1.82, 2.24) is 19.9 Å². The number of amides is 1. The van der Waals surface area contributed by atoms with Gasteiger partial charge >= 0.3 is 0 Å². The number of carbonyl (C=O) groups is 1. The van der Waals surface area contributed by atoms with Crippen molar-refractivity contribution in [3.05, 3.63) is 66.4 Å². The number of anilines is 3. The van der Waals surface area contributed by atoms with Crippen molar-refractivity contribution in [2.45, 2.75) is 0 Å². The van der Waals surface area contributed by atoms with E-state index in [1.165, 1.54) is 18.5 Å². The number of hydrogen-bond acceptors (Lipinski definition) is 7. The normalized spacial score (nSPS) is 14.0. The van der Waals surface area contributed by atoms with Gasteiger partial charge < -0.3 is 15.1 Å². The fourth-order valence-electron chi connectivity index (χ4n) is 2.96. The second-order valence-electron chi connectivity index (χ2n) is 6.37. The minimum Gasteiger partial charge on any atom is -0.352 e. The fraction of sp³-hybridized carbons (Fsp3) is 0.211. The highest BCUT2D eigenvalue weighted by Crippen LogP contribution is 2.17. The quantitative estimate of drug-likeness (QED) is 0.722. The van der Waals surface area contributed by atoms with Crippen LogP contribution in [0.4, 0.5) is 26.2 Å². The highest BCUT2D eigenvalue weighted by molar-refractivity contribution is 6.02. The molecule has 0 bridgehead atoms. The van der Waals surface area contributed by atoms with E-state index >= 15 is 0 Å². The average molecular weight is 397 g/mol. The van der Waals surface area contributed by atoms with Gasteiger partial charge in [-0.2, -0.15) is 0 Å². The molecule has 0 aliphatic carbocycles. The zero-order valence-corrected chi connectivity index (χ0v) is 15.3. The van der Waals surface area contributed by atoms with Gasteiger partial charge in [-0.3, -0.25) is 4.79 Å². The molecule has 0 spiro atoms. The van der Waals surface area contributed by atoms with Gasteiger partial charge in [0.05, 0.1) is 12.4 Å². The van der Waals surface area contributed by atoms with Crippen molar-refractivity contribution in [3.8, 4) is 0 Å². The molecule has 1 aliphatic rings. The van der Waals surface area contributed by atoms with E-state index in [-0.39, 0.29) is 11.4 Å². The Balaban J connectivity index is 1.36. The maximum atomic E-state index is 13.3. The van der Waals surface area contributed by atoms with Crippen LogP contribution in [0.1, 0.15) is 10.5 Å². The van der Waals surface area contributed by atoms with E-state index in [4.69, 9.17) is 0 Å². The van der Waals surface area contributed by atoms with Crippen LogP contribution in [0.3, 0.4) is 0 Å². The molecular formula is C19H17F2N7O. The van der Waals surface area contributed by atoms with Crippen molar-refractivity contribution in [1.29, 1.82) is 0 Å². The van der Waals surface area contributed by atoms with E-state index in [1.54, 1.807) is 18.5 Å². The number of benzene rings is 1. The molecule has 1 amide bonds. The first-order valence-electron chi connectivity index (χ1n) is 8.95. The largest absolute Gasteiger partial charge is 0.352 e. The van der Waals surface area contributed by atoms with E-state index in [1.807, 2.05) is 0 Å². The van der Waals surface area contributed by atoms with E-state index in [9.17, 15) is 13.6 Å². The molecule has 29 heavy (non-hydrogen) atoms. The fourth-order valence-corrected chi connectivity index (χ4v) is 2.96. The van der Waals surface area contributed by atoms with Gasteiger partial charge in [-0.1, -0.05) is 0 Å². The Bertz CT molecular complexity index is 993. The summed E-state index contributed by atoms with van der Waals surface area (Å²) in [6.45, 7) is 2.91. The van der Waals surface area contributed by atoms with Crippen molar-refractivity contribution in [2.75, 3.05) is 41.3 Å². The highest BCUT2D eigenvalue weighted by Gasteiger charge is 2.20. The first-order chi connectivity index (χ1) is 14.1.